The first kappa shape index (κ1) is 14.6. The minimum Gasteiger partial charge on any atom is -0.383 e. The van der Waals surface area contributed by atoms with E-state index >= 15 is 0 Å². The van der Waals surface area contributed by atoms with Crippen LogP contribution in [0.2, 0.25) is 0 Å². The van der Waals surface area contributed by atoms with Crippen LogP contribution in [0.3, 0.4) is 0 Å². The second kappa shape index (κ2) is 8.92. The van der Waals surface area contributed by atoms with E-state index in [1.54, 1.807) is 7.11 Å². The molecule has 0 unspecified atom stereocenters. The van der Waals surface area contributed by atoms with E-state index in [9.17, 15) is 0 Å². The molecule has 0 spiro atoms. The van der Waals surface area contributed by atoms with Crippen molar-refractivity contribution >= 4 is 17.3 Å². The van der Waals surface area contributed by atoms with Gasteiger partial charge in [0.1, 0.15) is 0 Å². The van der Waals surface area contributed by atoms with E-state index in [0.29, 0.717) is 12.6 Å². The molecule has 0 fully saturated rings. The first-order valence-corrected chi connectivity index (χ1v) is 6.07. The van der Waals surface area contributed by atoms with Crippen molar-refractivity contribution in [3.8, 4) is 0 Å². The normalized spacial score (nSPS) is 10.5. The average Bonchev–Trinajstić information content (AvgIpc) is 2.18. The molecule has 0 aliphatic carbocycles. The molecule has 0 aromatic rings. The lowest BCUT2D eigenvalue weighted by atomic mass is 10.3. The van der Waals surface area contributed by atoms with Gasteiger partial charge in [-0.05, 0) is 32.5 Å². The molecule has 0 bridgehead atoms. The van der Waals surface area contributed by atoms with E-state index in [4.69, 9.17) is 17.0 Å². The van der Waals surface area contributed by atoms with Crippen LogP contribution in [0, 0.1) is 0 Å². The lowest BCUT2D eigenvalue weighted by molar-refractivity contribution is 0.166. The Balaban J connectivity index is 3.93. The summed E-state index contributed by atoms with van der Waals surface area (Å²) in [6.07, 6.45) is 2.35. The summed E-state index contributed by atoms with van der Waals surface area (Å²) in [7, 11) is 1.71. The minimum atomic E-state index is 0.418. The number of nitrogens with zero attached hydrogens (tertiary/aromatic N) is 1. The summed E-state index contributed by atoms with van der Waals surface area (Å²) < 4.78 is 5.07. The third kappa shape index (κ3) is 6.68. The van der Waals surface area contributed by atoms with Crippen LogP contribution in [0.5, 0.6) is 0 Å². The zero-order valence-corrected chi connectivity index (χ0v) is 11.2. The van der Waals surface area contributed by atoms with Gasteiger partial charge in [0.2, 0.25) is 0 Å². The molecule has 0 rings (SSSR count). The van der Waals surface area contributed by atoms with Gasteiger partial charge in [0.25, 0.3) is 0 Å². The molecule has 15 heavy (non-hydrogen) atoms. The largest absolute Gasteiger partial charge is 0.383 e. The quantitative estimate of drug-likeness (QED) is 0.536. The van der Waals surface area contributed by atoms with Crippen LogP contribution in [-0.4, -0.2) is 42.9 Å². The Hall–Kier alpha value is -0.350. The molecule has 0 atom stereocenters. The Morgan fingerprint density at radius 1 is 1.47 bits per heavy atom. The maximum absolute atomic E-state index is 5.34. The Kier molecular flexibility index (Phi) is 8.71. The van der Waals surface area contributed by atoms with E-state index in [2.05, 4.69) is 31.0 Å². The second-order valence-corrected chi connectivity index (χ2v) is 4.25. The molecule has 0 saturated heterocycles. The number of hydrogen-bond donors (Lipinski definition) is 1. The summed E-state index contributed by atoms with van der Waals surface area (Å²) in [5, 5.41) is 4.12. The highest BCUT2D eigenvalue weighted by molar-refractivity contribution is 7.80. The van der Waals surface area contributed by atoms with Gasteiger partial charge in [0.15, 0.2) is 5.11 Å². The fourth-order valence-corrected chi connectivity index (χ4v) is 1.66. The lowest BCUT2D eigenvalue weighted by Gasteiger charge is -2.29. The van der Waals surface area contributed by atoms with E-state index in [1.807, 2.05) is 0 Å². The molecule has 0 radical (unpaired) electrons. The van der Waals surface area contributed by atoms with Gasteiger partial charge in [0, 0.05) is 26.2 Å². The third-order valence-corrected chi connectivity index (χ3v) is 2.61. The van der Waals surface area contributed by atoms with Crippen molar-refractivity contribution in [2.75, 3.05) is 26.8 Å². The van der Waals surface area contributed by atoms with Gasteiger partial charge >= 0.3 is 0 Å². The Bertz CT molecular complexity index is 174. The highest BCUT2D eigenvalue weighted by Gasteiger charge is 2.11. The van der Waals surface area contributed by atoms with Crippen LogP contribution in [0.15, 0.2) is 0 Å². The van der Waals surface area contributed by atoms with Crippen LogP contribution < -0.4 is 5.32 Å². The second-order valence-electron chi connectivity index (χ2n) is 3.87. The van der Waals surface area contributed by atoms with Crippen LogP contribution in [0.1, 0.15) is 33.6 Å². The van der Waals surface area contributed by atoms with Crippen molar-refractivity contribution < 1.29 is 4.74 Å². The Labute approximate surface area is 99.2 Å². The van der Waals surface area contributed by atoms with E-state index in [1.165, 1.54) is 6.42 Å². The SMILES string of the molecule is CCCCNC(=S)N(CCOC)C(C)C. The summed E-state index contributed by atoms with van der Waals surface area (Å²) in [5.41, 5.74) is 0. The topological polar surface area (TPSA) is 24.5 Å². The summed E-state index contributed by atoms with van der Waals surface area (Å²) in [5.74, 6) is 0. The smallest absolute Gasteiger partial charge is 0.169 e. The summed E-state index contributed by atoms with van der Waals surface area (Å²) in [6.45, 7) is 8.99. The molecule has 0 saturated carbocycles. The van der Waals surface area contributed by atoms with Gasteiger partial charge in [-0.15, -0.1) is 0 Å². The van der Waals surface area contributed by atoms with Crippen LogP contribution in [0.25, 0.3) is 0 Å². The van der Waals surface area contributed by atoms with Crippen molar-refractivity contribution in [2.45, 2.75) is 39.7 Å². The maximum Gasteiger partial charge on any atom is 0.169 e. The molecule has 90 valence electrons. The number of methoxy groups -OCH3 is 1. The molecular weight excluding hydrogens is 208 g/mol. The van der Waals surface area contributed by atoms with Crippen LogP contribution in [0.4, 0.5) is 0 Å². The Morgan fingerprint density at radius 2 is 2.13 bits per heavy atom. The van der Waals surface area contributed by atoms with Gasteiger partial charge in [-0.1, -0.05) is 13.3 Å². The zero-order valence-electron chi connectivity index (χ0n) is 10.4. The number of hydrogen-bond acceptors (Lipinski definition) is 2. The molecule has 0 heterocycles. The number of unbranched alkanes of at least 4 members (excludes halogenated alkanes) is 1. The summed E-state index contributed by atoms with van der Waals surface area (Å²) in [4.78, 5) is 2.16. The van der Waals surface area contributed by atoms with Gasteiger partial charge in [0.05, 0.1) is 6.61 Å². The molecule has 0 aromatic carbocycles. The maximum atomic E-state index is 5.34. The number of nitrogens with one attached hydrogen (secondary N) is 1. The molecule has 3 nitrogen and oxygen atoms in total. The van der Waals surface area contributed by atoms with Gasteiger partial charge < -0.3 is 15.0 Å². The molecule has 4 heteroatoms. The average molecular weight is 232 g/mol. The number of thiocarbonyl (C=S) groups is 1. The first-order chi connectivity index (χ1) is 7.13. The highest BCUT2D eigenvalue weighted by Crippen LogP contribution is 1.99. The third-order valence-electron chi connectivity index (χ3n) is 2.23. The van der Waals surface area contributed by atoms with Crippen molar-refractivity contribution in [3.63, 3.8) is 0 Å². The molecule has 1 N–H and O–H groups in total. The molecule has 0 amide bonds. The Morgan fingerprint density at radius 3 is 2.60 bits per heavy atom. The van der Waals surface area contributed by atoms with Gasteiger partial charge in [-0.25, -0.2) is 0 Å². The van der Waals surface area contributed by atoms with Crippen LogP contribution in [-0.2, 0) is 4.74 Å². The highest BCUT2D eigenvalue weighted by atomic mass is 32.1. The van der Waals surface area contributed by atoms with Crippen molar-refractivity contribution in [1.82, 2.24) is 10.2 Å². The van der Waals surface area contributed by atoms with Crippen molar-refractivity contribution in [1.29, 1.82) is 0 Å². The van der Waals surface area contributed by atoms with Crippen molar-refractivity contribution in [3.05, 3.63) is 0 Å². The summed E-state index contributed by atoms with van der Waals surface area (Å²) in [6, 6.07) is 0.418. The predicted octanol–water partition coefficient (Wildman–Crippen LogP) is 2.02. The standard InChI is InChI=1S/C11H24N2OS/c1-5-6-7-12-11(15)13(10(2)3)8-9-14-4/h10H,5-9H2,1-4H3,(H,12,15). The number of rotatable bonds is 7. The van der Waals surface area contributed by atoms with Crippen molar-refractivity contribution in [2.24, 2.45) is 0 Å². The summed E-state index contributed by atoms with van der Waals surface area (Å²) >= 11 is 5.34. The van der Waals surface area contributed by atoms with Gasteiger partial charge in [-0.3, -0.25) is 0 Å². The molecular formula is C11H24N2OS. The number of ether oxygens (including phenoxy) is 1. The van der Waals surface area contributed by atoms with Crippen LogP contribution >= 0.6 is 12.2 Å². The predicted molar refractivity (Wildman–Crippen MR) is 69.2 cm³/mol. The first-order valence-electron chi connectivity index (χ1n) is 5.66. The van der Waals surface area contributed by atoms with E-state index in [0.717, 1.165) is 24.6 Å². The molecule has 0 aliphatic heterocycles. The van der Waals surface area contributed by atoms with Gasteiger partial charge in [-0.2, -0.15) is 0 Å². The molecule has 0 aromatic heterocycles. The monoisotopic (exact) mass is 232 g/mol. The fraction of sp³-hybridized carbons (Fsp3) is 0.909. The minimum absolute atomic E-state index is 0.418. The van der Waals surface area contributed by atoms with E-state index < -0.39 is 0 Å². The lowest BCUT2D eigenvalue weighted by Crippen LogP contribution is -2.45. The fourth-order valence-electron chi connectivity index (χ4n) is 1.26. The zero-order chi connectivity index (χ0) is 11.7. The molecule has 0 aliphatic rings. The van der Waals surface area contributed by atoms with E-state index in [-0.39, 0.29) is 0 Å².